The minimum atomic E-state index is 0.124. The first-order chi connectivity index (χ1) is 8.38. The van der Waals surface area contributed by atoms with Gasteiger partial charge in [-0.3, -0.25) is 0 Å². The first kappa shape index (κ1) is 13.3. The van der Waals surface area contributed by atoms with E-state index in [4.69, 9.17) is 0 Å². The summed E-state index contributed by atoms with van der Waals surface area (Å²) in [5.74, 6) is 1.66. The van der Waals surface area contributed by atoms with Gasteiger partial charge in [-0.2, -0.15) is 0 Å². The lowest BCUT2D eigenvalue weighted by Gasteiger charge is -2.31. The van der Waals surface area contributed by atoms with Gasteiger partial charge in [0.25, 0.3) is 0 Å². The molecule has 99 valence electrons. The van der Waals surface area contributed by atoms with Gasteiger partial charge in [-0.25, -0.2) is 5.11 Å². The molecule has 0 aromatic carbocycles. The number of nitrogens with zero attached hydrogens (tertiary/aromatic N) is 1. The van der Waals surface area contributed by atoms with Gasteiger partial charge in [-0.05, 0) is 83.1 Å². The van der Waals surface area contributed by atoms with Gasteiger partial charge < -0.3 is 10.2 Å². The van der Waals surface area contributed by atoms with E-state index in [0.29, 0.717) is 0 Å². The van der Waals surface area contributed by atoms with Crippen molar-refractivity contribution >= 4 is 0 Å². The second kappa shape index (κ2) is 7.34. The number of rotatable bonds is 6. The van der Waals surface area contributed by atoms with Crippen LogP contribution in [0, 0.1) is 11.8 Å². The van der Waals surface area contributed by atoms with Crippen LogP contribution in [0.1, 0.15) is 38.5 Å². The number of likely N-dealkylation sites (tertiary alicyclic amines) is 1. The summed E-state index contributed by atoms with van der Waals surface area (Å²) in [5, 5.41) is 14.0. The van der Waals surface area contributed by atoms with E-state index in [9.17, 15) is 5.11 Å². The van der Waals surface area contributed by atoms with E-state index < -0.39 is 0 Å². The largest absolute Gasteiger partial charge is 0.316 e. The van der Waals surface area contributed by atoms with Crippen LogP contribution in [-0.4, -0.2) is 44.2 Å². The van der Waals surface area contributed by atoms with Crippen LogP contribution in [0.4, 0.5) is 0 Å². The molecule has 0 saturated carbocycles. The SMILES string of the molecule is [O]CCC1CCN(CCCC2CCNC2)CC1. The highest BCUT2D eigenvalue weighted by molar-refractivity contribution is 4.74. The number of hydrogen-bond acceptors (Lipinski definition) is 2. The molecule has 3 heteroatoms. The second-order valence-electron chi connectivity index (χ2n) is 5.78. The monoisotopic (exact) mass is 239 g/mol. The van der Waals surface area contributed by atoms with E-state index >= 15 is 0 Å². The summed E-state index contributed by atoms with van der Waals surface area (Å²) in [7, 11) is 0. The number of piperidine rings is 1. The number of hydrogen-bond donors (Lipinski definition) is 1. The Morgan fingerprint density at radius 2 is 1.88 bits per heavy atom. The smallest absolute Gasteiger partial charge is 0.0825 e. The summed E-state index contributed by atoms with van der Waals surface area (Å²) in [5.41, 5.74) is 0. The lowest BCUT2D eigenvalue weighted by atomic mass is 9.93. The normalized spacial score (nSPS) is 27.7. The molecule has 0 amide bonds. The molecule has 3 nitrogen and oxygen atoms in total. The van der Waals surface area contributed by atoms with E-state index in [1.54, 1.807) is 0 Å². The molecular formula is C14H27N2O. The van der Waals surface area contributed by atoms with Crippen LogP contribution in [0.25, 0.3) is 0 Å². The highest BCUT2D eigenvalue weighted by atomic mass is 16.3. The molecule has 1 atom stereocenters. The summed E-state index contributed by atoms with van der Waals surface area (Å²) < 4.78 is 0. The first-order valence-corrected chi connectivity index (χ1v) is 7.39. The zero-order valence-corrected chi connectivity index (χ0v) is 11.0. The Morgan fingerprint density at radius 1 is 1.06 bits per heavy atom. The molecule has 0 aliphatic carbocycles. The number of nitrogens with one attached hydrogen (secondary N) is 1. The average Bonchev–Trinajstić information content (AvgIpc) is 2.85. The Bertz CT molecular complexity index is 196. The van der Waals surface area contributed by atoms with Crippen LogP contribution in [-0.2, 0) is 5.11 Å². The molecule has 17 heavy (non-hydrogen) atoms. The highest BCUT2D eigenvalue weighted by Gasteiger charge is 2.19. The lowest BCUT2D eigenvalue weighted by Crippen LogP contribution is -2.34. The van der Waals surface area contributed by atoms with Gasteiger partial charge in [0.15, 0.2) is 0 Å². The fourth-order valence-corrected chi connectivity index (χ4v) is 3.23. The molecule has 2 aliphatic heterocycles. The summed E-state index contributed by atoms with van der Waals surface area (Å²) >= 11 is 0. The van der Waals surface area contributed by atoms with E-state index in [1.807, 2.05) is 0 Å². The van der Waals surface area contributed by atoms with Gasteiger partial charge in [0.1, 0.15) is 0 Å². The molecule has 2 saturated heterocycles. The molecule has 0 spiro atoms. The van der Waals surface area contributed by atoms with E-state index in [0.717, 1.165) is 18.3 Å². The summed E-state index contributed by atoms with van der Waals surface area (Å²) in [6.07, 6.45) is 7.56. The molecule has 1 unspecified atom stereocenters. The Kier molecular flexibility index (Phi) is 5.75. The summed E-state index contributed by atoms with van der Waals surface area (Å²) in [6.45, 7) is 6.33. The average molecular weight is 239 g/mol. The van der Waals surface area contributed by atoms with Gasteiger partial charge in [0.05, 0.1) is 6.61 Å². The molecule has 0 bridgehead atoms. The van der Waals surface area contributed by atoms with Crippen molar-refractivity contribution in [1.82, 2.24) is 10.2 Å². The maximum atomic E-state index is 10.6. The van der Waals surface area contributed by atoms with Crippen molar-refractivity contribution in [2.45, 2.75) is 38.5 Å². The molecule has 0 aromatic heterocycles. The van der Waals surface area contributed by atoms with Gasteiger partial charge in [-0.1, -0.05) is 0 Å². The first-order valence-electron chi connectivity index (χ1n) is 7.39. The van der Waals surface area contributed by atoms with Crippen molar-refractivity contribution in [2.75, 3.05) is 39.3 Å². The lowest BCUT2D eigenvalue weighted by molar-refractivity contribution is 0.128. The minimum Gasteiger partial charge on any atom is -0.316 e. The Hall–Kier alpha value is -0.120. The Labute approximate surface area is 106 Å². The topological polar surface area (TPSA) is 35.2 Å². The van der Waals surface area contributed by atoms with Crippen molar-refractivity contribution < 1.29 is 5.11 Å². The van der Waals surface area contributed by atoms with Crippen molar-refractivity contribution in [1.29, 1.82) is 0 Å². The molecule has 2 heterocycles. The van der Waals surface area contributed by atoms with Crippen molar-refractivity contribution in [2.24, 2.45) is 11.8 Å². The van der Waals surface area contributed by atoms with Crippen molar-refractivity contribution in [3.05, 3.63) is 0 Å². The van der Waals surface area contributed by atoms with Crippen LogP contribution in [0.2, 0.25) is 0 Å². The van der Waals surface area contributed by atoms with Gasteiger partial charge in [-0.15, -0.1) is 0 Å². The molecule has 1 radical (unpaired) electrons. The van der Waals surface area contributed by atoms with Gasteiger partial charge in [0, 0.05) is 0 Å². The summed E-state index contributed by atoms with van der Waals surface area (Å²) in [6, 6.07) is 0. The summed E-state index contributed by atoms with van der Waals surface area (Å²) in [4.78, 5) is 2.60. The molecule has 0 aromatic rings. The molecule has 2 fully saturated rings. The van der Waals surface area contributed by atoms with Gasteiger partial charge >= 0.3 is 0 Å². The standard InChI is InChI=1S/C14H27N2O/c17-11-6-13-4-9-16(10-5-13)8-1-2-14-3-7-15-12-14/h13-15H,1-12H2. The predicted molar refractivity (Wildman–Crippen MR) is 69.5 cm³/mol. The molecule has 1 N–H and O–H groups in total. The fraction of sp³-hybridized carbons (Fsp3) is 1.00. The van der Waals surface area contributed by atoms with Gasteiger partial charge in [0.2, 0.25) is 0 Å². The third kappa shape index (κ3) is 4.57. The van der Waals surface area contributed by atoms with Crippen LogP contribution in [0.15, 0.2) is 0 Å². The molecule has 2 aliphatic rings. The van der Waals surface area contributed by atoms with E-state index in [2.05, 4.69) is 10.2 Å². The third-order valence-corrected chi connectivity index (χ3v) is 4.48. The van der Waals surface area contributed by atoms with Crippen molar-refractivity contribution in [3.8, 4) is 0 Å². The van der Waals surface area contributed by atoms with Crippen LogP contribution in [0.5, 0.6) is 0 Å². The molecule has 2 rings (SSSR count). The van der Waals surface area contributed by atoms with Crippen LogP contribution >= 0.6 is 0 Å². The zero-order chi connectivity index (χ0) is 11.9. The van der Waals surface area contributed by atoms with E-state index in [1.165, 1.54) is 64.8 Å². The second-order valence-corrected chi connectivity index (χ2v) is 5.78. The quantitative estimate of drug-likeness (QED) is 0.768. The van der Waals surface area contributed by atoms with Crippen molar-refractivity contribution in [3.63, 3.8) is 0 Å². The predicted octanol–water partition coefficient (Wildman–Crippen LogP) is 1.91. The molecular weight excluding hydrogens is 212 g/mol. The zero-order valence-electron chi connectivity index (χ0n) is 11.0. The minimum absolute atomic E-state index is 0.124. The Balaban J connectivity index is 1.52. The van der Waals surface area contributed by atoms with Crippen LogP contribution in [0.3, 0.4) is 0 Å². The maximum absolute atomic E-state index is 10.6. The highest BCUT2D eigenvalue weighted by Crippen LogP contribution is 2.21. The third-order valence-electron chi connectivity index (χ3n) is 4.48. The Morgan fingerprint density at radius 3 is 2.53 bits per heavy atom. The maximum Gasteiger partial charge on any atom is 0.0825 e. The van der Waals surface area contributed by atoms with Crippen LogP contribution < -0.4 is 5.32 Å². The fourth-order valence-electron chi connectivity index (χ4n) is 3.23. The van der Waals surface area contributed by atoms with E-state index in [-0.39, 0.29) is 6.61 Å².